The van der Waals surface area contributed by atoms with Crippen LogP contribution in [0.4, 0.5) is 5.69 Å². The van der Waals surface area contributed by atoms with Crippen LogP contribution in [-0.2, 0) is 10.0 Å². The van der Waals surface area contributed by atoms with Gasteiger partial charge >= 0.3 is 0 Å². The van der Waals surface area contributed by atoms with E-state index in [9.17, 15) is 8.42 Å². The van der Waals surface area contributed by atoms with Crippen LogP contribution in [0.1, 0.15) is 12.8 Å². The first-order chi connectivity index (χ1) is 8.09. The third kappa shape index (κ3) is 3.14. The van der Waals surface area contributed by atoms with Crippen molar-refractivity contribution in [2.24, 2.45) is 0 Å². The molecule has 0 bridgehead atoms. The molecule has 1 aliphatic rings. The summed E-state index contributed by atoms with van der Waals surface area (Å²) in [5, 5.41) is 0. The lowest BCUT2D eigenvalue weighted by Crippen LogP contribution is -2.38. The zero-order valence-corrected chi connectivity index (χ0v) is 11.1. The summed E-state index contributed by atoms with van der Waals surface area (Å²) in [7, 11) is -3.48. The molecule has 0 radical (unpaired) electrons. The van der Waals surface area contributed by atoms with Gasteiger partial charge in [-0.15, -0.1) is 0 Å². The summed E-state index contributed by atoms with van der Waals surface area (Å²) in [6.45, 7) is 0. The highest BCUT2D eigenvalue weighted by Gasteiger charge is 2.23. The second-order valence-corrected chi connectivity index (χ2v) is 6.91. The van der Waals surface area contributed by atoms with Crippen molar-refractivity contribution in [2.45, 2.75) is 23.8 Å². The highest BCUT2D eigenvalue weighted by molar-refractivity contribution is 7.99. The topological polar surface area (TPSA) is 72.2 Å². The molecule has 4 nitrogen and oxygen atoms in total. The highest BCUT2D eigenvalue weighted by atomic mass is 32.2. The number of para-hydroxylation sites is 1. The Morgan fingerprint density at radius 2 is 2.12 bits per heavy atom. The van der Waals surface area contributed by atoms with Gasteiger partial charge < -0.3 is 5.73 Å². The molecule has 0 aromatic heterocycles. The number of thioether (sulfide) groups is 1. The van der Waals surface area contributed by atoms with E-state index in [0.29, 0.717) is 5.69 Å². The van der Waals surface area contributed by atoms with Crippen LogP contribution >= 0.6 is 11.8 Å². The molecule has 94 valence electrons. The predicted molar refractivity (Wildman–Crippen MR) is 71.5 cm³/mol. The van der Waals surface area contributed by atoms with Gasteiger partial charge in [0.1, 0.15) is 4.90 Å². The fourth-order valence-corrected chi connectivity index (χ4v) is 4.42. The Balaban J connectivity index is 2.16. The predicted octanol–water partition coefficient (Wildman–Crippen LogP) is 1.44. The van der Waals surface area contributed by atoms with E-state index in [1.165, 1.54) is 6.07 Å². The average molecular weight is 272 g/mol. The standard InChI is InChI=1S/C11H16N2O2S2/c12-10-5-1-2-6-11(10)17(14,15)13-9-4-3-7-16-8-9/h1-2,5-6,9,13H,3-4,7-8,12H2. The van der Waals surface area contributed by atoms with Crippen molar-refractivity contribution in [3.8, 4) is 0 Å². The largest absolute Gasteiger partial charge is 0.398 e. The molecule has 0 amide bonds. The molecule has 1 saturated heterocycles. The molecule has 0 spiro atoms. The maximum absolute atomic E-state index is 12.1. The number of benzene rings is 1. The minimum absolute atomic E-state index is 0.0263. The Labute approximate surface area is 106 Å². The number of hydrogen-bond acceptors (Lipinski definition) is 4. The maximum Gasteiger partial charge on any atom is 0.242 e. The third-order valence-corrected chi connectivity index (χ3v) is 5.50. The molecule has 17 heavy (non-hydrogen) atoms. The van der Waals surface area contributed by atoms with Gasteiger partial charge in [0.25, 0.3) is 0 Å². The van der Waals surface area contributed by atoms with Crippen molar-refractivity contribution in [3.05, 3.63) is 24.3 Å². The minimum atomic E-state index is -3.48. The van der Waals surface area contributed by atoms with Gasteiger partial charge in [0.15, 0.2) is 0 Å². The Bertz CT molecular complexity index is 482. The van der Waals surface area contributed by atoms with Gasteiger partial charge in [0.05, 0.1) is 5.69 Å². The number of rotatable bonds is 3. The molecular formula is C11H16N2O2S2. The van der Waals surface area contributed by atoms with E-state index < -0.39 is 10.0 Å². The molecule has 2 rings (SSSR count). The summed E-state index contributed by atoms with van der Waals surface area (Å²) in [5.41, 5.74) is 5.98. The minimum Gasteiger partial charge on any atom is -0.398 e. The van der Waals surface area contributed by atoms with Crippen LogP contribution in [0.25, 0.3) is 0 Å². The van der Waals surface area contributed by atoms with E-state index in [0.717, 1.165) is 24.3 Å². The SMILES string of the molecule is Nc1ccccc1S(=O)(=O)NC1CCCSC1. The molecule has 1 aromatic rings. The number of nitrogens with two attached hydrogens (primary N) is 1. The third-order valence-electron chi connectivity index (χ3n) is 2.69. The van der Waals surface area contributed by atoms with Crippen LogP contribution in [0.5, 0.6) is 0 Å². The van der Waals surface area contributed by atoms with Crippen LogP contribution in [0.15, 0.2) is 29.2 Å². The van der Waals surface area contributed by atoms with E-state index >= 15 is 0 Å². The van der Waals surface area contributed by atoms with Gasteiger partial charge in [-0.25, -0.2) is 13.1 Å². The quantitative estimate of drug-likeness (QED) is 0.817. The number of sulfonamides is 1. The van der Waals surface area contributed by atoms with E-state index in [1.54, 1.807) is 30.0 Å². The average Bonchev–Trinajstić information content (AvgIpc) is 2.30. The van der Waals surface area contributed by atoms with E-state index in [1.807, 2.05) is 0 Å². The molecule has 0 saturated carbocycles. The Morgan fingerprint density at radius 3 is 2.76 bits per heavy atom. The van der Waals surface area contributed by atoms with Crippen molar-refractivity contribution >= 4 is 27.5 Å². The maximum atomic E-state index is 12.1. The van der Waals surface area contributed by atoms with Crippen LogP contribution in [0, 0.1) is 0 Å². The van der Waals surface area contributed by atoms with Crippen LogP contribution in [0.3, 0.4) is 0 Å². The molecule has 0 aliphatic carbocycles. The van der Waals surface area contributed by atoms with E-state index in [4.69, 9.17) is 5.73 Å². The monoisotopic (exact) mass is 272 g/mol. The zero-order chi connectivity index (χ0) is 12.3. The van der Waals surface area contributed by atoms with Crippen LogP contribution < -0.4 is 10.5 Å². The van der Waals surface area contributed by atoms with Crippen molar-refractivity contribution in [1.29, 1.82) is 0 Å². The molecular weight excluding hydrogens is 256 g/mol. The first-order valence-electron chi connectivity index (χ1n) is 5.54. The van der Waals surface area contributed by atoms with Gasteiger partial charge in [0.2, 0.25) is 10.0 Å². The molecule has 1 unspecified atom stereocenters. The zero-order valence-electron chi connectivity index (χ0n) is 9.43. The fourth-order valence-electron chi connectivity index (χ4n) is 1.84. The Kier molecular flexibility index (Phi) is 3.96. The summed E-state index contributed by atoms with van der Waals surface area (Å²) < 4.78 is 27.0. The normalized spacial score (nSPS) is 21.3. The second kappa shape index (κ2) is 5.29. The van der Waals surface area contributed by atoms with Crippen molar-refractivity contribution in [2.75, 3.05) is 17.2 Å². The van der Waals surface area contributed by atoms with E-state index in [-0.39, 0.29) is 10.9 Å². The molecule has 6 heteroatoms. The smallest absolute Gasteiger partial charge is 0.242 e. The first-order valence-corrected chi connectivity index (χ1v) is 8.18. The molecule has 1 aliphatic heterocycles. The van der Waals surface area contributed by atoms with Gasteiger partial charge in [-0.1, -0.05) is 12.1 Å². The molecule has 1 heterocycles. The van der Waals surface area contributed by atoms with Gasteiger partial charge in [-0.3, -0.25) is 0 Å². The lowest BCUT2D eigenvalue weighted by Gasteiger charge is -2.22. The van der Waals surface area contributed by atoms with Crippen molar-refractivity contribution in [3.63, 3.8) is 0 Å². The number of nitrogen functional groups attached to an aromatic ring is 1. The van der Waals surface area contributed by atoms with Crippen molar-refractivity contribution < 1.29 is 8.42 Å². The highest BCUT2D eigenvalue weighted by Crippen LogP contribution is 2.21. The molecule has 3 N–H and O–H groups in total. The van der Waals surface area contributed by atoms with Crippen molar-refractivity contribution in [1.82, 2.24) is 4.72 Å². The van der Waals surface area contributed by atoms with Gasteiger partial charge in [-0.05, 0) is 30.7 Å². The number of anilines is 1. The van der Waals surface area contributed by atoms with Crippen LogP contribution in [-0.4, -0.2) is 26.0 Å². The summed E-state index contributed by atoms with van der Waals surface area (Å²) in [5.74, 6) is 1.96. The van der Waals surface area contributed by atoms with Gasteiger partial charge in [-0.2, -0.15) is 11.8 Å². The van der Waals surface area contributed by atoms with Crippen LogP contribution in [0.2, 0.25) is 0 Å². The molecule has 1 aromatic carbocycles. The van der Waals surface area contributed by atoms with E-state index in [2.05, 4.69) is 4.72 Å². The Morgan fingerprint density at radius 1 is 1.35 bits per heavy atom. The fraction of sp³-hybridized carbons (Fsp3) is 0.455. The molecule has 1 fully saturated rings. The summed E-state index contributed by atoms with van der Waals surface area (Å²) in [6, 6.07) is 6.57. The lowest BCUT2D eigenvalue weighted by molar-refractivity contribution is 0.543. The summed E-state index contributed by atoms with van der Waals surface area (Å²) in [6.07, 6.45) is 1.96. The molecule has 1 atom stereocenters. The number of hydrogen-bond donors (Lipinski definition) is 2. The Hall–Kier alpha value is -0.720. The van der Waals surface area contributed by atoms with Gasteiger partial charge in [0, 0.05) is 11.8 Å². The first kappa shape index (κ1) is 12.7. The second-order valence-electron chi connectivity index (χ2n) is 4.07. The number of nitrogens with one attached hydrogen (secondary N) is 1. The summed E-state index contributed by atoms with van der Waals surface area (Å²) in [4.78, 5) is 0.176. The summed E-state index contributed by atoms with van der Waals surface area (Å²) >= 11 is 1.78. The lowest BCUT2D eigenvalue weighted by atomic mass is 10.2.